The van der Waals surface area contributed by atoms with E-state index in [0.717, 1.165) is 26.9 Å². The number of rotatable bonds is 2. The fraction of sp³-hybridized carbons (Fsp3) is 0.435. The number of piperazine rings is 1. The van der Waals surface area contributed by atoms with Crippen LogP contribution in [-0.2, 0) is 4.74 Å². The van der Waals surface area contributed by atoms with Gasteiger partial charge in [0.15, 0.2) is 5.65 Å². The molecule has 0 radical (unpaired) electrons. The summed E-state index contributed by atoms with van der Waals surface area (Å²) in [7, 11) is 0. The minimum Gasteiger partial charge on any atom is -0.444 e. The predicted octanol–water partition coefficient (Wildman–Crippen LogP) is 4.99. The molecule has 2 aromatic heterocycles. The molecule has 164 valence electrons. The lowest BCUT2D eigenvalue weighted by atomic mass is 10.0. The van der Waals surface area contributed by atoms with E-state index in [4.69, 9.17) is 4.74 Å². The number of hydrogen-bond acceptors (Lipinski definition) is 5. The van der Waals surface area contributed by atoms with Crippen molar-refractivity contribution in [2.75, 3.05) is 18.0 Å². The highest BCUT2D eigenvalue weighted by Gasteiger charge is 2.34. The molecule has 2 atom stereocenters. The number of anilines is 1. The Bertz CT molecular complexity index is 1080. The third kappa shape index (κ3) is 4.54. The zero-order valence-corrected chi connectivity index (χ0v) is 20.1. The summed E-state index contributed by atoms with van der Waals surface area (Å²) in [6, 6.07) is 8.85. The summed E-state index contributed by atoms with van der Waals surface area (Å²) in [5, 5.41) is 4.32. The Morgan fingerprint density at radius 2 is 1.71 bits per heavy atom. The molecule has 3 heterocycles. The van der Waals surface area contributed by atoms with Crippen molar-refractivity contribution in [3.8, 4) is 11.1 Å². The van der Waals surface area contributed by atoms with Gasteiger partial charge in [-0.05, 0) is 68.2 Å². The molecule has 0 unspecified atom stereocenters. The molecular weight excluding hydrogens is 458 g/mol. The molecule has 1 aromatic carbocycles. The first kappa shape index (κ1) is 21.6. The predicted molar refractivity (Wildman–Crippen MR) is 125 cm³/mol. The summed E-state index contributed by atoms with van der Waals surface area (Å²) in [4.78, 5) is 21.2. The van der Waals surface area contributed by atoms with Crippen LogP contribution in [0.1, 0.15) is 34.6 Å². The van der Waals surface area contributed by atoms with Gasteiger partial charge in [-0.3, -0.25) is 0 Å². The molecular formula is C23H28BrN5O2. The Morgan fingerprint density at radius 1 is 1.06 bits per heavy atom. The van der Waals surface area contributed by atoms with Crippen LogP contribution >= 0.6 is 15.9 Å². The molecule has 1 saturated heterocycles. The van der Waals surface area contributed by atoms with Crippen LogP contribution in [0.3, 0.4) is 0 Å². The van der Waals surface area contributed by atoms with E-state index >= 15 is 0 Å². The monoisotopic (exact) mass is 485 g/mol. The second-order valence-electron chi connectivity index (χ2n) is 9.14. The van der Waals surface area contributed by atoms with Crippen molar-refractivity contribution >= 4 is 33.4 Å². The summed E-state index contributed by atoms with van der Waals surface area (Å²) in [5.41, 5.74) is 3.54. The molecule has 7 nitrogen and oxygen atoms in total. The quantitative estimate of drug-likeness (QED) is 0.511. The lowest BCUT2D eigenvalue weighted by Gasteiger charge is -2.45. The van der Waals surface area contributed by atoms with Gasteiger partial charge in [0.25, 0.3) is 0 Å². The standard InChI is InChI=1S/C23H28BrN5O2/c1-15-12-27(22(30)31-23(3,4)5)13-16(2)29(15)19-8-6-17(7-9-19)18-10-25-21-20(24)11-26-28(21)14-18/h6-11,14-16H,12-13H2,1-5H3/t15-,16-/m1/s1. The van der Waals surface area contributed by atoms with Crippen molar-refractivity contribution in [3.05, 3.63) is 47.3 Å². The van der Waals surface area contributed by atoms with Crippen LogP contribution in [0.15, 0.2) is 47.3 Å². The number of fused-ring (bicyclic) bond motifs is 1. The number of hydrogen-bond donors (Lipinski definition) is 0. The number of ether oxygens (including phenoxy) is 1. The first-order valence-corrected chi connectivity index (χ1v) is 11.3. The van der Waals surface area contributed by atoms with Gasteiger partial charge in [0.05, 0.1) is 10.7 Å². The molecule has 0 bridgehead atoms. The fourth-order valence-corrected chi connectivity index (χ4v) is 4.50. The molecule has 4 rings (SSSR count). The van der Waals surface area contributed by atoms with Gasteiger partial charge in [0, 0.05) is 48.8 Å². The third-order valence-electron chi connectivity index (χ3n) is 5.38. The average Bonchev–Trinajstić information content (AvgIpc) is 3.07. The number of nitrogens with zero attached hydrogens (tertiary/aromatic N) is 5. The largest absolute Gasteiger partial charge is 0.444 e. The van der Waals surface area contributed by atoms with Crippen molar-refractivity contribution in [1.82, 2.24) is 19.5 Å². The SMILES string of the molecule is C[C@@H]1CN(C(=O)OC(C)(C)C)C[C@@H](C)N1c1ccc(-c2cnc3c(Br)cnn3c2)cc1. The van der Waals surface area contributed by atoms with Crippen LogP contribution in [0.25, 0.3) is 16.8 Å². The Morgan fingerprint density at radius 3 is 2.32 bits per heavy atom. The highest BCUT2D eigenvalue weighted by Crippen LogP contribution is 2.29. The molecule has 1 amide bonds. The van der Waals surface area contributed by atoms with E-state index in [1.165, 1.54) is 0 Å². The minimum absolute atomic E-state index is 0.182. The highest BCUT2D eigenvalue weighted by molar-refractivity contribution is 9.10. The van der Waals surface area contributed by atoms with Crippen LogP contribution in [0.5, 0.6) is 0 Å². The minimum atomic E-state index is -0.485. The average molecular weight is 486 g/mol. The zero-order valence-electron chi connectivity index (χ0n) is 18.5. The molecule has 8 heteroatoms. The van der Waals surface area contributed by atoms with Crippen LogP contribution < -0.4 is 4.90 Å². The number of carbonyl (C=O) groups excluding carboxylic acids is 1. The summed E-state index contributed by atoms with van der Waals surface area (Å²) in [6.45, 7) is 11.3. The van der Waals surface area contributed by atoms with E-state index in [-0.39, 0.29) is 18.2 Å². The molecule has 0 aliphatic carbocycles. The van der Waals surface area contributed by atoms with E-state index in [1.807, 2.05) is 38.1 Å². The van der Waals surface area contributed by atoms with Gasteiger partial charge in [-0.15, -0.1) is 0 Å². The summed E-state index contributed by atoms with van der Waals surface area (Å²) in [6.07, 6.45) is 5.35. The first-order chi connectivity index (χ1) is 14.6. The van der Waals surface area contributed by atoms with Crippen LogP contribution in [-0.4, -0.2) is 56.4 Å². The van der Waals surface area contributed by atoms with Crippen LogP contribution in [0, 0.1) is 0 Å². The lowest BCUT2D eigenvalue weighted by molar-refractivity contribution is 0.0193. The Balaban J connectivity index is 1.50. The van der Waals surface area contributed by atoms with Gasteiger partial charge in [0.2, 0.25) is 0 Å². The topological polar surface area (TPSA) is 63.0 Å². The number of amides is 1. The van der Waals surface area contributed by atoms with E-state index in [1.54, 1.807) is 10.7 Å². The van der Waals surface area contributed by atoms with Crippen LogP contribution in [0.2, 0.25) is 0 Å². The fourth-order valence-electron chi connectivity index (χ4n) is 4.13. The van der Waals surface area contributed by atoms with E-state index in [0.29, 0.717) is 13.1 Å². The Hall–Kier alpha value is -2.61. The van der Waals surface area contributed by atoms with Crippen LogP contribution in [0.4, 0.5) is 10.5 Å². The number of aromatic nitrogens is 3. The zero-order chi connectivity index (χ0) is 22.3. The number of benzene rings is 1. The summed E-state index contributed by atoms with van der Waals surface area (Å²) < 4.78 is 8.21. The van der Waals surface area contributed by atoms with E-state index < -0.39 is 5.60 Å². The summed E-state index contributed by atoms with van der Waals surface area (Å²) in [5.74, 6) is 0. The number of carbonyl (C=O) groups is 1. The molecule has 0 saturated carbocycles. The van der Waals surface area contributed by atoms with Crippen molar-refractivity contribution < 1.29 is 9.53 Å². The lowest BCUT2D eigenvalue weighted by Crippen LogP contribution is -2.58. The van der Waals surface area contributed by atoms with Gasteiger partial charge >= 0.3 is 6.09 Å². The van der Waals surface area contributed by atoms with Gasteiger partial charge < -0.3 is 14.5 Å². The molecule has 1 aliphatic heterocycles. The smallest absolute Gasteiger partial charge is 0.410 e. The Labute approximate surface area is 191 Å². The second-order valence-corrected chi connectivity index (χ2v) is 10.00. The van der Waals surface area contributed by atoms with E-state index in [9.17, 15) is 4.79 Å². The maximum Gasteiger partial charge on any atom is 0.410 e. The normalized spacial score (nSPS) is 19.7. The van der Waals surface area contributed by atoms with Crippen molar-refractivity contribution in [2.45, 2.75) is 52.3 Å². The van der Waals surface area contributed by atoms with Gasteiger partial charge in [-0.25, -0.2) is 14.3 Å². The van der Waals surface area contributed by atoms with Crippen molar-refractivity contribution in [2.24, 2.45) is 0 Å². The van der Waals surface area contributed by atoms with Gasteiger partial charge in [-0.1, -0.05) is 12.1 Å². The maximum absolute atomic E-state index is 12.5. The third-order valence-corrected chi connectivity index (χ3v) is 5.94. The van der Waals surface area contributed by atoms with Gasteiger partial charge in [0.1, 0.15) is 5.60 Å². The molecule has 1 fully saturated rings. The second kappa shape index (κ2) is 8.15. The first-order valence-electron chi connectivity index (χ1n) is 10.5. The summed E-state index contributed by atoms with van der Waals surface area (Å²) >= 11 is 3.46. The maximum atomic E-state index is 12.5. The molecule has 0 spiro atoms. The molecule has 0 N–H and O–H groups in total. The molecule has 31 heavy (non-hydrogen) atoms. The number of halogens is 1. The van der Waals surface area contributed by atoms with Gasteiger partial charge in [-0.2, -0.15) is 5.10 Å². The Kier molecular flexibility index (Phi) is 5.68. The van der Waals surface area contributed by atoms with Crippen molar-refractivity contribution in [3.63, 3.8) is 0 Å². The highest BCUT2D eigenvalue weighted by atomic mass is 79.9. The van der Waals surface area contributed by atoms with Crippen molar-refractivity contribution in [1.29, 1.82) is 0 Å². The molecule has 3 aromatic rings. The van der Waals surface area contributed by atoms with E-state index in [2.05, 4.69) is 69.0 Å². The molecule has 1 aliphatic rings.